The molecule has 1 saturated heterocycles. The lowest BCUT2D eigenvalue weighted by Gasteiger charge is -2.41. The van der Waals surface area contributed by atoms with Crippen LogP contribution in [0.3, 0.4) is 0 Å². The van der Waals surface area contributed by atoms with Crippen molar-refractivity contribution in [2.75, 3.05) is 19.9 Å². The Hall–Kier alpha value is -2.50. The molecule has 2 aromatic rings. The first-order valence-corrected chi connectivity index (χ1v) is 9.75. The Labute approximate surface area is 159 Å². The largest absolute Gasteiger partial charge is 0.454 e. The summed E-state index contributed by atoms with van der Waals surface area (Å²) < 4.78 is 10.9. The van der Waals surface area contributed by atoms with Gasteiger partial charge >= 0.3 is 0 Å². The van der Waals surface area contributed by atoms with Crippen molar-refractivity contribution in [1.82, 2.24) is 15.1 Å². The van der Waals surface area contributed by atoms with E-state index < -0.39 is 0 Å². The van der Waals surface area contributed by atoms with E-state index in [1.165, 1.54) is 5.56 Å². The number of nitrogens with zero attached hydrogens (tertiary/aromatic N) is 2. The highest BCUT2D eigenvalue weighted by Gasteiger charge is 2.33. The summed E-state index contributed by atoms with van der Waals surface area (Å²) in [7, 11) is 0. The van der Waals surface area contributed by atoms with Crippen LogP contribution in [0.25, 0.3) is 0 Å². The van der Waals surface area contributed by atoms with E-state index in [0.29, 0.717) is 13.2 Å². The number of likely N-dealkylation sites (tertiary alicyclic amines) is 1. The molecule has 1 aromatic heterocycles. The van der Waals surface area contributed by atoms with Gasteiger partial charge in [0.1, 0.15) is 0 Å². The quantitative estimate of drug-likeness (QED) is 0.848. The number of hydrogen-bond donors (Lipinski definition) is 1. The van der Waals surface area contributed by atoms with Crippen LogP contribution in [-0.4, -0.2) is 40.9 Å². The molecule has 6 nitrogen and oxygen atoms in total. The van der Waals surface area contributed by atoms with Gasteiger partial charge in [-0.1, -0.05) is 13.0 Å². The van der Waals surface area contributed by atoms with E-state index in [1.807, 2.05) is 18.5 Å². The van der Waals surface area contributed by atoms with Crippen molar-refractivity contribution in [2.24, 2.45) is 5.41 Å². The summed E-state index contributed by atoms with van der Waals surface area (Å²) in [4.78, 5) is 14.7. The Balaban J connectivity index is 1.32. The first-order chi connectivity index (χ1) is 13.1. The molecule has 0 spiro atoms. The lowest BCUT2D eigenvalue weighted by molar-refractivity contribution is -0.134. The molecule has 4 rings (SSSR count). The number of hydrogen-bond acceptors (Lipinski definition) is 4. The molecule has 2 aliphatic rings. The van der Waals surface area contributed by atoms with Gasteiger partial charge in [-0.05, 0) is 60.8 Å². The molecule has 144 valence electrons. The van der Waals surface area contributed by atoms with Crippen LogP contribution in [0.4, 0.5) is 0 Å². The number of fused-ring (bicyclic) bond motifs is 1. The molecule has 6 heteroatoms. The van der Waals surface area contributed by atoms with Crippen LogP contribution in [0.2, 0.25) is 0 Å². The van der Waals surface area contributed by atoms with Gasteiger partial charge in [0.05, 0.1) is 6.20 Å². The maximum Gasteiger partial charge on any atom is 0.231 e. The average molecular weight is 369 g/mol. The van der Waals surface area contributed by atoms with Crippen LogP contribution >= 0.6 is 0 Å². The van der Waals surface area contributed by atoms with Crippen LogP contribution in [0.15, 0.2) is 30.6 Å². The van der Waals surface area contributed by atoms with Crippen LogP contribution in [0, 0.1) is 5.41 Å². The Morgan fingerprint density at radius 2 is 2.19 bits per heavy atom. The third-order valence-corrected chi connectivity index (χ3v) is 5.61. The van der Waals surface area contributed by atoms with E-state index in [4.69, 9.17) is 9.47 Å². The Morgan fingerprint density at radius 3 is 3.04 bits per heavy atom. The molecule has 3 heterocycles. The van der Waals surface area contributed by atoms with Gasteiger partial charge in [-0.25, -0.2) is 0 Å². The smallest absolute Gasteiger partial charge is 0.231 e. The number of aromatic amines is 1. The number of ether oxygens (including phenoxy) is 2. The number of aryl methyl sites for hydroxylation is 1. The van der Waals surface area contributed by atoms with Crippen molar-refractivity contribution in [3.63, 3.8) is 0 Å². The number of carbonyl (C=O) groups excluding carboxylic acids is 1. The second-order valence-electron chi connectivity index (χ2n) is 8.05. The number of nitrogens with one attached hydrogen (secondary N) is 1. The summed E-state index contributed by atoms with van der Waals surface area (Å²) in [6.45, 7) is 4.30. The minimum absolute atomic E-state index is 0.103. The van der Waals surface area contributed by atoms with Crippen molar-refractivity contribution < 1.29 is 14.3 Å². The normalized spacial score (nSPS) is 21.4. The molecule has 2 aliphatic heterocycles. The van der Waals surface area contributed by atoms with Crippen LogP contribution in [0.5, 0.6) is 11.5 Å². The molecule has 0 radical (unpaired) electrons. The minimum atomic E-state index is 0.103. The highest BCUT2D eigenvalue weighted by molar-refractivity contribution is 5.76. The molecular weight excluding hydrogens is 342 g/mol. The fourth-order valence-corrected chi connectivity index (χ4v) is 4.23. The van der Waals surface area contributed by atoms with Crippen LogP contribution < -0.4 is 9.47 Å². The van der Waals surface area contributed by atoms with E-state index in [0.717, 1.165) is 62.3 Å². The molecule has 1 atom stereocenters. The van der Waals surface area contributed by atoms with Gasteiger partial charge in [-0.2, -0.15) is 5.10 Å². The van der Waals surface area contributed by atoms with E-state index in [9.17, 15) is 4.79 Å². The molecule has 0 aliphatic carbocycles. The van der Waals surface area contributed by atoms with Gasteiger partial charge < -0.3 is 14.4 Å². The average Bonchev–Trinajstić information content (AvgIpc) is 3.32. The Morgan fingerprint density at radius 1 is 1.30 bits per heavy atom. The lowest BCUT2D eigenvalue weighted by Crippen LogP contribution is -2.45. The second kappa shape index (κ2) is 7.62. The number of H-pyrrole nitrogens is 1. The summed E-state index contributed by atoms with van der Waals surface area (Å²) in [5, 5.41) is 6.77. The molecule has 1 aromatic carbocycles. The van der Waals surface area contributed by atoms with Gasteiger partial charge in [0.25, 0.3) is 0 Å². The lowest BCUT2D eigenvalue weighted by atomic mass is 9.77. The van der Waals surface area contributed by atoms with Crippen molar-refractivity contribution in [3.8, 4) is 11.5 Å². The van der Waals surface area contributed by atoms with E-state index in [-0.39, 0.29) is 11.3 Å². The number of piperidine rings is 1. The van der Waals surface area contributed by atoms with Gasteiger partial charge in [0.2, 0.25) is 12.7 Å². The zero-order valence-electron chi connectivity index (χ0n) is 15.9. The summed E-state index contributed by atoms with van der Waals surface area (Å²) in [6.07, 6.45) is 9.24. The van der Waals surface area contributed by atoms with Gasteiger partial charge in [-0.3, -0.25) is 9.89 Å². The highest BCUT2D eigenvalue weighted by Crippen LogP contribution is 2.37. The molecular formula is C21H27N3O3. The van der Waals surface area contributed by atoms with Crippen molar-refractivity contribution in [2.45, 2.75) is 45.4 Å². The third-order valence-electron chi connectivity index (χ3n) is 5.61. The fourth-order valence-electron chi connectivity index (χ4n) is 4.23. The summed E-state index contributed by atoms with van der Waals surface area (Å²) in [5.74, 6) is 1.93. The number of aromatic nitrogens is 2. The first kappa shape index (κ1) is 17.9. The summed E-state index contributed by atoms with van der Waals surface area (Å²) >= 11 is 0. The van der Waals surface area contributed by atoms with E-state index in [1.54, 1.807) is 0 Å². The van der Waals surface area contributed by atoms with Gasteiger partial charge in [0, 0.05) is 25.7 Å². The minimum Gasteiger partial charge on any atom is -0.454 e. The molecule has 0 unspecified atom stereocenters. The predicted molar refractivity (Wildman–Crippen MR) is 102 cm³/mol. The van der Waals surface area contributed by atoms with Crippen LogP contribution in [-0.2, 0) is 17.6 Å². The SMILES string of the molecule is C[C@]1(Cc2ccc3c(c2)OCO3)CCCN(C(=O)CCCc2cn[nH]c2)C1. The monoisotopic (exact) mass is 369 g/mol. The van der Waals surface area contributed by atoms with E-state index in [2.05, 4.69) is 34.2 Å². The predicted octanol–water partition coefficient (Wildman–Crippen LogP) is 3.33. The molecule has 0 bridgehead atoms. The Bertz CT molecular complexity index is 790. The topological polar surface area (TPSA) is 67.5 Å². The van der Waals surface area contributed by atoms with E-state index >= 15 is 0 Å². The van der Waals surface area contributed by atoms with Crippen molar-refractivity contribution >= 4 is 5.91 Å². The highest BCUT2D eigenvalue weighted by atomic mass is 16.7. The zero-order valence-corrected chi connectivity index (χ0v) is 15.9. The number of amides is 1. The van der Waals surface area contributed by atoms with Gasteiger partial charge in [-0.15, -0.1) is 0 Å². The van der Waals surface area contributed by atoms with Crippen molar-refractivity contribution in [1.29, 1.82) is 0 Å². The summed E-state index contributed by atoms with van der Waals surface area (Å²) in [6, 6.07) is 6.19. The maximum atomic E-state index is 12.7. The zero-order chi connectivity index (χ0) is 18.7. The molecule has 1 fully saturated rings. The summed E-state index contributed by atoms with van der Waals surface area (Å²) in [5.41, 5.74) is 2.51. The van der Waals surface area contributed by atoms with Crippen molar-refractivity contribution in [3.05, 3.63) is 41.7 Å². The maximum absolute atomic E-state index is 12.7. The molecule has 1 N–H and O–H groups in total. The first-order valence-electron chi connectivity index (χ1n) is 9.75. The fraction of sp³-hybridized carbons (Fsp3) is 0.524. The molecule has 0 saturated carbocycles. The van der Waals surface area contributed by atoms with Crippen LogP contribution in [0.1, 0.15) is 43.7 Å². The number of benzene rings is 1. The standard InChI is InChI=1S/C21H27N3O3/c1-21(11-16-6-7-18-19(10-16)27-15-26-18)8-3-9-24(14-21)20(25)5-2-4-17-12-22-23-13-17/h6-7,10,12-13H,2-5,8-9,11,14-15H2,1H3,(H,22,23)/t21-/m1/s1. The third kappa shape index (κ3) is 4.26. The second-order valence-corrected chi connectivity index (χ2v) is 8.05. The number of carbonyl (C=O) groups is 1. The molecule has 1 amide bonds. The molecule has 27 heavy (non-hydrogen) atoms. The Kier molecular flexibility index (Phi) is 5.05. The van der Waals surface area contributed by atoms with Gasteiger partial charge in [0.15, 0.2) is 11.5 Å². The number of rotatable bonds is 6.